The number of hydrogen-bond donors (Lipinski definition) is 0. The second-order valence-corrected chi connectivity index (χ2v) is 4.75. The van der Waals surface area contributed by atoms with Crippen LogP contribution in [0.4, 0.5) is 4.39 Å². The minimum Gasteiger partial charge on any atom is -0.494 e. The van der Waals surface area contributed by atoms with Crippen molar-refractivity contribution in [2.75, 3.05) is 7.11 Å². The summed E-state index contributed by atoms with van der Waals surface area (Å²) in [4.78, 5) is 16.4. The fraction of sp³-hybridized carbons (Fsp3) is 0.250. The molecule has 0 N–H and O–H groups in total. The Balaban J connectivity index is 2.31. The van der Waals surface area contributed by atoms with Crippen LogP contribution < -0.4 is 9.47 Å². The quantitative estimate of drug-likeness (QED) is 0.793. The summed E-state index contributed by atoms with van der Waals surface area (Å²) in [6.45, 7) is 3.78. The number of ether oxygens (including phenoxy) is 2. The number of ketones is 1. The first-order valence-corrected chi connectivity index (χ1v) is 6.51. The number of nitrogens with zero attached hydrogens (tertiary/aromatic N) is 1. The van der Waals surface area contributed by atoms with Crippen molar-refractivity contribution >= 4 is 5.78 Å². The molecule has 2 aromatic rings. The Kier molecular flexibility index (Phi) is 4.52. The Hall–Kier alpha value is -2.43. The molecule has 0 atom stereocenters. The maximum atomic E-state index is 13.4. The van der Waals surface area contributed by atoms with E-state index >= 15 is 0 Å². The van der Waals surface area contributed by atoms with Crippen LogP contribution in [0.3, 0.4) is 0 Å². The van der Waals surface area contributed by atoms with Crippen LogP contribution in [0.15, 0.2) is 36.7 Å². The highest BCUT2D eigenvalue weighted by Crippen LogP contribution is 2.21. The summed E-state index contributed by atoms with van der Waals surface area (Å²) in [6, 6.07) is 5.60. The van der Waals surface area contributed by atoms with Crippen molar-refractivity contribution in [3.05, 3.63) is 53.6 Å². The molecule has 21 heavy (non-hydrogen) atoms. The minimum atomic E-state index is -0.510. The first-order valence-electron chi connectivity index (χ1n) is 6.51. The maximum absolute atomic E-state index is 13.4. The highest BCUT2D eigenvalue weighted by Gasteiger charge is 2.14. The fourth-order valence-corrected chi connectivity index (χ4v) is 1.85. The molecule has 0 radical (unpaired) electrons. The van der Waals surface area contributed by atoms with Gasteiger partial charge in [-0.15, -0.1) is 0 Å². The van der Waals surface area contributed by atoms with E-state index in [1.807, 2.05) is 13.8 Å². The Morgan fingerprint density at radius 3 is 2.62 bits per heavy atom. The molecule has 0 fully saturated rings. The summed E-state index contributed by atoms with van der Waals surface area (Å²) in [5.41, 5.74) is 0.707. The van der Waals surface area contributed by atoms with Crippen LogP contribution in [-0.4, -0.2) is 24.0 Å². The average Bonchev–Trinajstić information content (AvgIpc) is 2.46. The first-order chi connectivity index (χ1) is 10.0. The van der Waals surface area contributed by atoms with Crippen molar-refractivity contribution < 1.29 is 18.7 Å². The van der Waals surface area contributed by atoms with Crippen molar-refractivity contribution in [1.82, 2.24) is 4.98 Å². The van der Waals surface area contributed by atoms with Gasteiger partial charge in [-0.05, 0) is 38.1 Å². The van der Waals surface area contributed by atoms with E-state index in [4.69, 9.17) is 9.47 Å². The molecule has 0 spiro atoms. The predicted molar refractivity (Wildman–Crippen MR) is 76.4 cm³/mol. The Morgan fingerprint density at radius 2 is 1.95 bits per heavy atom. The third-order valence-electron chi connectivity index (χ3n) is 2.76. The van der Waals surface area contributed by atoms with Gasteiger partial charge >= 0.3 is 0 Å². The molecule has 1 aromatic heterocycles. The van der Waals surface area contributed by atoms with E-state index in [0.717, 1.165) is 0 Å². The molecule has 0 aliphatic carbocycles. The lowest BCUT2D eigenvalue weighted by Crippen LogP contribution is -2.08. The lowest BCUT2D eigenvalue weighted by molar-refractivity contribution is 0.103. The number of carbonyl (C=O) groups excluding carboxylic acids is 1. The summed E-state index contributed by atoms with van der Waals surface area (Å²) in [5.74, 6) is -0.229. The zero-order valence-electron chi connectivity index (χ0n) is 12.1. The molecule has 4 nitrogen and oxygen atoms in total. The summed E-state index contributed by atoms with van der Waals surface area (Å²) >= 11 is 0. The second kappa shape index (κ2) is 6.35. The first kappa shape index (κ1) is 15.0. The average molecular weight is 289 g/mol. The molecule has 0 aliphatic heterocycles. The molecular weight excluding hydrogens is 273 g/mol. The minimum absolute atomic E-state index is 0.0110. The zero-order valence-corrected chi connectivity index (χ0v) is 12.1. The molecule has 0 saturated carbocycles. The molecule has 110 valence electrons. The van der Waals surface area contributed by atoms with Crippen molar-refractivity contribution in [2.24, 2.45) is 0 Å². The van der Waals surface area contributed by atoms with Crippen LogP contribution >= 0.6 is 0 Å². The van der Waals surface area contributed by atoms with Gasteiger partial charge in [-0.25, -0.2) is 4.39 Å². The third-order valence-corrected chi connectivity index (χ3v) is 2.76. The summed E-state index contributed by atoms with van der Waals surface area (Å²) in [7, 11) is 1.35. The van der Waals surface area contributed by atoms with E-state index in [1.54, 1.807) is 12.3 Å². The Morgan fingerprint density at radius 1 is 1.19 bits per heavy atom. The molecule has 0 bridgehead atoms. The third kappa shape index (κ3) is 3.56. The number of hydrogen-bond acceptors (Lipinski definition) is 4. The number of pyridine rings is 1. The Labute approximate surface area is 122 Å². The topological polar surface area (TPSA) is 48.4 Å². The van der Waals surface area contributed by atoms with Crippen LogP contribution in [0.5, 0.6) is 11.5 Å². The number of aromatic nitrogens is 1. The number of benzene rings is 1. The van der Waals surface area contributed by atoms with Crippen LogP contribution in [0.1, 0.15) is 29.8 Å². The smallest absolute Gasteiger partial charge is 0.194 e. The summed E-state index contributed by atoms with van der Waals surface area (Å²) in [5, 5.41) is 0. The van der Waals surface area contributed by atoms with Gasteiger partial charge in [0, 0.05) is 17.3 Å². The maximum Gasteiger partial charge on any atom is 0.194 e. The monoisotopic (exact) mass is 289 g/mol. The van der Waals surface area contributed by atoms with Gasteiger partial charge in [-0.2, -0.15) is 0 Å². The van der Waals surface area contributed by atoms with E-state index in [9.17, 15) is 9.18 Å². The fourth-order valence-electron chi connectivity index (χ4n) is 1.85. The highest BCUT2D eigenvalue weighted by molar-refractivity contribution is 6.09. The standard InChI is InChI=1S/C16H16FNO3/c1-10(2)21-13-6-12(8-18-9-13)16(19)11-4-5-14(17)15(7-11)20-3/h4-10H,1-3H3. The van der Waals surface area contributed by atoms with Gasteiger partial charge in [-0.3, -0.25) is 9.78 Å². The molecule has 0 aliphatic rings. The normalized spacial score (nSPS) is 10.5. The van der Waals surface area contributed by atoms with Crippen molar-refractivity contribution in [3.8, 4) is 11.5 Å². The molecular formula is C16H16FNO3. The van der Waals surface area contributed by atoms with E-state index < -0.39 is 5.82 Å². The second-order valence-electron chi connectivity index (χ2n) is 4.75. The van der Waals surface area contributed by atoms with E-state index in [2.05, 4.69) is 4.98 Å². The molecule has 2 rings (SSSR count). The van der Waals surface area contributed by atoms with Gasteiger partial charge < -0.3 is 9.47 Å². The van der Waals surface area contributed by atoms with Gasteiger partial charge in [0.05, 0.1) is 19.4 Å². The van der Waals surface area contributed by atoms with Gasteiger partial charge in [0.15, 0.2) is 17.3 Å². The van der Waals surface area contributed by atoms with E-state index in [0.29, 0.717) is 16.9 Å². The molecule has 5 heteroatoms. The largest absolute Gasteiger partial charge is 0.494 e. The van der Waals surface area contributed by atoms with E-state index in [-0.39, 0.29) is 17.6 Å². The summed E-state index contributed by atoms with van der Waals surface area (Å²) < 4.78 is 23.8. The lowest BCUT2D eigenvalue weighted by atomic mass is 10.0. The van der Waals surface area contributed by atoms with Crippen molar-refractivity contribution in [3.63, 3.8) is 0 Å². The van der Waals surface area contributed by atoms with Gasteiger partial charge in [0.25, 0.3) is 0 Å². The number of methoxy groups -OCH3 is 1. The Bertz CT molecular complexity index is 656. The predicted octanol–water partition coefficient (Wildman–Crippen LogP) is 3.25. The highest BCUT2D eigenvalue weighted by atomic mass is 19.1. The number of rotatable bonds is 5. The molecule has 0 unspecified atom stereocenters. The zero-order chi connectivity index (χ0) is 15.4. The molecule has 1 aromatic carbocycles. The SMILES string of the molecule is COc1cc(C(=O)c2cncc(OC(C)C)c2)ccc1F. The van der Waals surface area contributed by atoms with Gasteiger partial charge in [0.1, 0.15) is 5.75 Å². The molecule has 1 heterocycles. The van der Waals surface area contributed by atoms with Crippen molar-refractivity contribution in [2.45, 2.75) is 20.0 Å². The van der Waals surface area contributed by atoms with Crippen LogP contribution in [0, 0.1) is 5.82 Å². The lowest BCUT2D eigenvalue weighted by Gasteiger charge is -2.10. The van der Waals surface area contributed by atoms with Crippen molar-refractivity contribution in [1.29, 1.82) is 0 Å². The van der Waals surface area contributed by atoms with Crippen LogP contribution in [0.2, 0.25) is 0 Å². The number of carbonyl (C=O) groups is 1. The van der Waals surface area contributed by atoms with Gasteiger partial charge in [0.2, 0.25) is 0 Å². The number of halogens is 1. The molecule has 0 saturated heterocycles. The molecule has 0 amide bonds. The van der Waals surface area contributed by atoms with Crippen LogP contribution in [-0.2, 0) is 0 Å². The summed E-state index contributed by atoms with van der Waals surface area (Å²) in [6.07, 6.45) is 2.98. The van der Waals surface area contributed by atoms with Crippen LogP contribution in [0.25, 0.3) is 0 Å². The van der Waals surface area contributed by atoms with Gasteiger partial charge in [-0.1, -0.05) is 0 Å². The van der Waals surface area contributed by atoms with E-state index in [1.165, 1.54) is 31.5 Å².